The standard InChI is InChI=1S/C14H14F3N3O4/c1-7-6-10(20-24-7)19-13(21)18-8-4-5-9(22-2)11(12(8)23-3)14(15,16)17/h4-6H,1-3H3,(H2,18,19,20,21). The summed E-state index contributed by atoms with van der Waals surface area (Å²) in [5, 5.41) is 8.14. The highest BCUT2D eigenvalue weighted by atomic mass is 19.4. The van der Waals surface area contributed by atoms with Crippen molar-refractivity contribution in [3.63, 3.8) is 0 Å². The SMILES string of the molecule is COc1ccc(NC(=O)Nc2cc(C)on2)c(OC)c1C(F)(F)F. The Bertz CT molecular complexity index is 743. The largest absolute Gasteiger partial charge is 0.496 e. The number of methoxy groups -OCH3 is 2. The first-order chi connectivity index (χ1) is 11.3. The average molecular weight is 345 g/mol. The van der Waals surface area contributed by atoms with Crippen molar-refractivity contribution in [2.75, 3.05) is 24.9 Å². The van der Waals surface area contributed by atoms with Crippen molar-refractivity contribution >= 4 is 17.5 Å². The minimum absolute atomic E-state index is 0.119. The first-order valence-electron chi connectivity index (χ1n) is 6.59. The monoisotopic (exact) mass is 345 g/mol. The van der Waals surface area contributed by atoms with Crippen molar-refractivity contribution in [3.8, 4) is 11.5 Å². The van der Waals surface area contributed by atoms with Crippen LogP contribution in [0.25, 0.3) is 0 Å². The fraction of sp³-hybridized carbons (Fsp3) is 0.286. The number of hydrogen-bond acceptors (Lipinski definition) is 5. The third-order valence-electron chi connectivity index (χ3n) is 2.94. The summed E-state index contributed by atoms with van der Waals surface area (Å²) in [6.07, 6.45) is -4.73. The summed E-state index contributed by atoms with van der Waals surface area (Å²) in [6, 6.07) is 2.97. The number of halogens is 3. The third-order valence-corrected chi connectivity index (χ3v) is 2.94. The van der Waals surface area contributed by atoms with Gasteiger partial charge in [-0.05, 0) is 19.1 Å². The molecule has 0 saturated heterocycles. The van der Waals surface area contributed by atoms with E-state index in [-0.39, 0.29) is 11.5 Å². The molecule has 130 valence electrons. The summed E-state index contributed by atoms with van der Waals surface area (Å²) in [6.45, 7) is 1.62. The predicted octanol–water partition coefficient (Wildman–Crippen LogP) is 3.66. The van der Waals surface area contributed by atoms with Crippen molar-refractivity contribution < 1.29 is 32.0 Å². The molecule has 7 nitrogen and oxygen atoms in total. The lowest BCUT2D eigenvalue weighted by Gasteiger charge is -2.19. The van der Waals surface area contributed by atoms with Crippen LogP contribution >= 0.6 is 0 Å². The summed E-state index contributed by atoms with van der Waals surface area (Å²) in [5.41, 5.74) is -1.30. The van der Waals surface area contributed by atoms with E-state index in [1.54, 1.807) is 6.92 Å². The molecule has 0 saturated carbocycles. The molecule has 1 heterocycles. The van der Waals surface area contributed by atoms with E-state index >= 15 is 0 Å². The van der Waals surface area contributed by atoms with Gasteiger partial charge in [0, 0.05) is 6.07 Å². The smallest absolute Gasteiger partial charge is 0.423 e. The van der Waals surface area contributed by atoms with E-state index in [9.17, 15) is 18.0 Å². The molecule has 0 bridgehead atoms. The van der Waals surface area contributed by atoms with Gasteiger partial charge in [0.25, 0.3) is 0 Å². The highest BCUT2D eigenvalue weighted by Gasteiger charge is 2.39. The Hall–Kier alpha value is -2.91. The Morgan fingerprint density at radius 2 is 1.92 bits per heavy atom. The number of aryl methyl sites for hydroxylation is 1. The zero-order valence-corrected chi connectivity index (χ0v) is 12.9. The van der Waals surface area contributed by atoms with Crippen LogP contribution in [-0.4, -0.2) is 25.4 Å². The molecule has 2 rings (SSSR count). The maximum absolute atomic E-state index is 13.2. The van der Waals surface area contributed by atoms with Crippen LogP contribution in [0.1, 0.15) is 11.3 Å². The molecule has 2 aromatic rings. The summed E-state index contributed by atoms with van der Waals surface area (Å²) in [4.78, 5) is 11.9. The minimum Gasteiger partial charge on any atom is -0.496 e. The van der Waals surface area contributed by atoms with Crippen molar-refractivity contribution in [2.45, 2.75) is 13.1 Å². The third kappa shape index (κ3) is 3.70. The molecule has 0 fully saturated rings. The van der Waals surface area contributed by atoms with E-state index in [4.69, 9.17) is 14.0 Å². The van der Waals surface area contributed by atoms with Gasteiger partial charge >= 0.3 is 12.2 Å². The number of rotatable bonds is 4. The second-order valence-corrected chi connectivity index (χ2v) is 4.62. The van der Waals surface area contributed by atoms with Gasteiger partial charge in [0.05, 0.1) is 19.9 Å². The lowest BCUT2D eigenvalue weighted by molar-refractivity contribution is -0.139. The summed E-state index contributed by atoms with van der Waals surface area (Å²) in [7, 11) is 2.17. The zero-order valence-electron chi connectivity index (χ0n) is 12.9. The van der Waals surface area contributed by atoms with Crippen LogP contribution in [0.15, 0.2) is 22.7 Å². The molecule has 0 aliphatic heterocycles. The van der Waals surface area contributed by atoms with E-state index in [0.29, 0.717) is 5.76 Å². The molecule has 10 heteroatoms. The predicted molar refractivity (Wildman–Crippen MR) is 78.4 cm³/mol. The van der Waals surface area contributed by atoms with Gasteiger partial charge in [0.1, 0.15) is 17.1 Å². The number of hydrogen-bond donors (Lipinski definition) is 2. The summed E-state index contributed by atoms with van der Waals surface area (Å²) >= 11 is 0. The van der Waals surface area contributed by atoms with Crippen molar-refractivity contribution in [1.82, 2.24) is 5.16 Å². The van der Waals surface area contributed by atoms with Crippen molar-refractivity contribution in [3.05, 3.63) is 29.5 Å². The van der Waals surface area contributed by atoms with Crippen LogP contribution in [-0.2, 0) is 6.18 Å². The number of nitrogens with one attached hydrogen (secondary N) is 2. The molecule has 0 aliphatic carbocycles. The van der Waals surface area contributed by atoms with E-state index in [2.05, 4.69) is 15.8 Å². The molecule has 1 aromatic heterocycles. The second kappa shape index (κ2) is 6.69. The molecular formula is C14H14F3N3O4. The van der Waals surface area contributed by atoms with Crippen molar-refractivity contribution in [1.29, 1.82) is 0 Å². The Morgan fingerprint density at radius 1 is 1.21 bits per heavy atom. The Kier molecular flexibility index (Phi) is 4.86. The molecule has 0 unspecified atom stereocenters. The fourth-order valence-electron chi connectivity index (χ4n) is 2.01. The lowest BCUT2D eigenvalue weighted by atomic mass is 10.1. The van der Waals surface area contributed by atoms with Gasteiger partial charge in [-0.3, -0.25) is 5.32 Å². The molecule has 2 amide bonds. The molecule has 0 aliphatic rings. The number of amides is 2. The number of urea groups is 1. The van der Waals surface area contributed by atoms with Crippen LogP contribution in [0.3, 0.4) is 0 Å². The number of alkyl halides is 3. The number of carbonyl (C=O) groups excluding carboxylic acids is 1. The second-order valence-electron chi connectivity index (χ2n) is 4.62. The molecule has 2 N–H and O–H groups in total. The minimum atomic E-state index is -4.73. The first kappa shape index (κ1) is 17.4. The van der Waals surface area contributed by atoms with Gasteiger partial charge in [-0.2, -0.15) is 13.2 Å². The molecule has 0 atom stereocenters. The quantitative estimate of drug-likeness (QED) is 0.883. The van der Waals surface area contributed by atoms with E-state index < -0.39 is 29.3 Å². The maximum Gasteiger partial charge on any atom is 0.423 e. The molecule has 0 spiro atoms. The normalized spacial score (nSPS) is 11.1. The topological polar surface area (TPSA) is 85.6 Å². The van der Waals surface area contributed by atoms with Gasteiger partial charge in [0.2, 0.25) is 0 Å². The van der Waals surface area contributed by atoms with Gasteiger partial charge in [0.15, 0.2) is 11.6 Å². The van der Waals surface area contributed by atoms with Gasteiger partial charge in [-0.15, -0.1) is 0 Å². The zero-order chi connectivity index (χ0) is 17.9. The lowest BCUT2D eigenvalue weighted by Crippen LogP contribution is -2.21. The molecule has 24 heavy (non-hydrogen) atoms. The van der Waals surface area contributed by atoms with Crippen molar-refractivity contribution in [2.24, 2.45) is 0 Å². The number of anilines is 2. The number of benzene rings is 1. The Morgan fingerprint density at radius 3 is 2.42 bits per heavy atom. The van der Waals surface area contributed by atoms with E-state index in [1.165, 1.54) is 12.1 Å². The Labute approximate surface area is 134 Å². The van der Waals surface area contributed by atoms with Crippen LogP contribution in [0.4, 0.5) is 29.5 Å². The van der Waals surface area contributed by atoms with Gasteiger partial charge in [-0.25, -0.2) is 4.79 Å². The highest BCUT2D eigenvalue weighted by Crippen LogP contribution is 2.46. The number of carbonyl (C=O) groups is 1. The highest BCUT2D eigenvalue weighted by molar-refractivity contribution is 6.00. The summed E-state index contributed by atoms with van der Waals surface area (Å²) < 4.78 is 54.0. The number of aromatic nitrogens is 1. The van der Waals surface area contributed by atoms with E-state index in [0.717, 1.165) is 20.3 Å². The van der Waals surface area contributed by atoms with Gasteiger partial charge < -0.3 is 19.3 Å². The van der Waals surface area contributed by atoms with Crippen LogP contribution in [0, 0.1) is 6.92 Å². The molecule has 1 aromatic carbocycles. The molecular weight excluding hydrogens is 331 g/mol. The first-order valence-corrected chi connectivity index (χ1v) is 6.59. The number of nitrogens with zero attached hydrogens (tertiary/aromatic N) is 1. The summed E-state index contributed by atoms with van der Waals surface area (Å²) in [5.74, 6) is -0.397. The van der Waals surface area contributed by atoms with Crippen LogP contribution < -0.4 is 20.1 Å². The van der Waals surface area contributed by atoms with Crippen LogP contribution in [0.5, 0.6) is 11.5 Å². The van der Waals surface area contributed by atoms with Crippen LogP contribution in [0.2, 0.25) is 0 Å². The average Bonchev–Trinajstić information content (AvgIpc) is 2.90. The van der Waals surface area contributed by atoms with Gasteiger partial charge in [-0.1, -0.05) is 5.16 Å². The fourth-order valence-corrected chi connectivity index (χ4v) is 2.01. The maximum atomic E-state index is 13.2. The number of ether oxygens (including phenoxy) is 2. The molecule has 0 radical (unpaired) electrons. The van der Waals surface area contributed by atoms with E-state index in [1.807, 2.05) is 0 Å². The Balaban J connectivity index is 2.31.